The lowest BCUT2D eigenvalue weighted by Crippen LogP contribution is -1.75. The predicted molar refractivity (Wildman–Crippen MR) is 78.8 cm³/mol. The van der Waals surface area contributed by atoms with Crippen molar-refractivity contribution in [3.8, 4) is 0 Å². The number of benzene rings is 2. The molecule has 18 heavy (non-hydrogen) atoms. The van der Waals surface area contributed by atoms with Crippen molar-refractivity contribution in [1.82, 2.24) is 0 Å². The maximum Gasteiger partial charge on any atom is 0.155 e. The van der Waals surface area contributed by atoms with Crippen molar-refractivity contribution < 1.29 is 4.42 Å². The van der Waals surface area contributed by atoms with Crippen molar-refractivity contribution >= 4 is 79.9 Å². The molecular formula is C12H3Cl5O. The van der Waals surface area contributed by atoms with Crippen LogP contribution in [0.1, 0.15) is 0 Å². The Labute approximate surface area is 127 Å². The van der Waals surface area contributed by atoms with Crippen molar-refractivity contribution in [2.24, 2.45) is 0 Å². The van der Waals surface area contributed by atoms with Crippen LogP contribution in [-0.2, 0) is 0 Å². The Hall–Kier alpha value is -0.310. The molecule has 0 aliphatic heterocycles. The minimum atomic E-state index is 0.341. The number of hydrogen-bond acceptors (Lipinski definition) is 1. The average Bonchev–Trinajstić information content (AvgIpc) is 2.73. The quantitative estimate of drug-likeness (QED) is 0.408. The van der Waals surface area contributed by atoms with Crippen molar-refractivity contribution in [3.05, 3.63) is 43.3 Å². The van der Waals surface area contributed by atoms with E-state index >= 15 is 0 Å². The first-order chi connectivity index (χ1) is 8.50. The maximum atomic E-state index is 6.19. The molecule has 2 aromatic carbocycles. The van der Waals surface area contributed by atoms with Gasteiger partial charge in [-0.3, -0.25) is 0 Å². The molecule has 0 saturated carbocycles. The SMILES string of the molecule is Clc1cc(Cl)c2oc3c(Cl)ccc(Cl)c3c2c1Cl. The zero-order chi connectivity index (χ0) is 13.0. The Balaban J connectivity index is 2.70. The molecule has 92 valence electrons. The summed E-state index contributed by atoms with van der Waals surface area (Å²) < 4.78 is 5.64. The Bertz CT molecular complexity index is 790. The number of fused-ring (bicyclic) bond motifs is 3. The second-order valence-corrected chi connectivity index (χ2v) is 5.70. The lowest BCUT2D eigenvalue weighted by Gasteiger charge is -2.00. The van der Waals surface area contributed by atoms with E-state index in [0.29, 0.717) is 47.1 Å². The van der Waals surface area contributed by atoms with E-state index in [1.54, 1.807) is 12.1 Å². The topological polar surface area (TPSA) is 13.1 Å². The summed E-state index contributed by atoms with van der Waals surface area (Å²) in [4.78, 5) is 0. The highest BCUT2D eigenvalue weighted by molar-refractivity contribution is 6.51. The van der Waals surface area contributed by atoms with Crippen LogP contribution in [0.25, 0.3) is 21.9 Å². The van der Waals surface area contributed by atoms with Crippen molar-refractivity contribution in [2.75, 3.05) is 0 Å². The van der Waals surface area contributed by atoms with Gasteiger partial charge in [0.2, 0.25) is 0 Å². The highest BCUT2D eigenvalue weighted by Crippen LogP contribution is 2.45. The fourth-order valence-electron chi connectivity index (χ4n) is 1.87. The first-order valence-electron chi connectivity index (χ1n) is 4.84. The Morgan fingerprint density at radius 3 is 2.00 bits per heavy atom. The van der Waals surface area contributed by atoms with Gasteiger partial charge < -0.3 is 4.42 Å². The summed E-state index contributed by atoms with van der Waals surface area (Å²) in [6.45, 7) is 0. The minimum Gasteiger partial charge on any atom is -0.453 e. The van der Waals surface area contributed by atoms with Gasteiger partial charge in [-0.15, -0.1) is 0 Å². The average molecular weight is 340 g/mol. The van der Waals surface area contributed by atoms with Crippen molar-refractivity contribution in [1.29, 1.82) is 0 Å². The van der Waals surface area contributed by atoms with Crippen LogP contribution >= 0.6 is 58.0 Å². The summed E-state index contributed by atoms with van der Waals surface area (Å²) in [5.41, 5.74) is 0.876. The summed E-state index contributed by atoms with van der Waals surface area (Å²) in [6, 6.07) is 4.85. The van der Waals surface area contributed by atoms with Crippen LogP contribution in [0.4, 0.5) is 0 Å². The maximum absolute atomic E-state index is 6.19. The van der Waals surface area contributed by atoms with Gasteiger partial charge in [0.1, 0.15) is 0 Å². The molecule has 0 fully saturated rings. The lowest BCUT2D eigenvalue weighted by atomic mass is 10.1. The molecule has 0 bridgehead atoms. The normalized spacial score (nSPS) is 11.6. The number of halogens is 5. The smallest absolute Gasteiger partial charge is 0.155 e. The van der Waals surface area contributed by atoms with Gasteiger partial charge >= 0.3 is 0 Å². The third kappa shape index (κ3) is 1.70. The van der Waals surface area contributed by atoms with Gasteiger partial charge in [0.05, 0.1) is 30.5 Å². The number of furan rings is 1. The lowest BCUT2D eigenvalue weighted by molar-refractivity contribution is 0.669. The van der Waals surface area contributed by atoms with Crippen LogP contribution in [0.15, 0.2) is 22.6 Å². The molecule has 1 aromatic heterocycles. The molecule has 1 heterocycles. The second kappa shape index (κ2) is 4.36. The molecule has 6 heteroatoms. The fraction of sp³-hybridized carbons (Fsp3) is 0. The molecule has 0 aliphatic rings. The highest BCUT2D eigenvalue weighted by atomic mass is 35.5. The van der Waals surface area contributed by atoms with E-state index < -0.39 is 0 Å². The summed E-state index contributed by atoms with van der Waals surface area (Å²) in [7, 11) is 0. The summed E-state index contributed by atoms with van der Waals surface area (Å²) in [5.74, 6) is 0. The molecular weight excluding hydrogens is 337 g/mol. The second-order valence-electron chi connectivity index (χ2n) is 3.69. The molecule has 1 nitrogen and oxygen atoms in total. The van der Waals surface area contributed by atoms with E-state index in [1.807, 2.05) is 0 Å². The summed E-state index contributed by atoms with van der Waals surface area (Å²) in [5, 5.41) is 3.17. The molecule has 0 amide bonds. The van der Waals surface area contributed by atoms with Crippen LogP contribution in [0.2, 0.25) is 25.1 Å². The molecule has 0 spiro atoms. The molecule has 0 unspecified atom stereocenters. The first-order valence-corrected chi connectivity index (χ1v) is 6.73. The van der Waals surface area contributed by atoms with Gasteiger partial charge in [0.15, 0.2) is 11.2 Å². The third-order valence-corrected chi connectivity index (χ3v) is 4.32. The van der Waals surface area contributed by atoms with E-state index in [9.17, 15) is 0 Å². The largest absolute Gasteiger partial charge is 0.453 e. The summed E-state index contributed by atoms with van der Waals surface area (Å²) >= 11 is 30.5. The third-order valence-electron chi connectivity index (χ3n) is 2.64. The predicted octanol–water partition coefficient (Wildman–Crippen LogP) is 6.85. The van der Waals surface area contributed by atoms with Gasteiger partial charge in [0, 0.05) is 5.39 Å². The van der Waals surface area contributed by atoms with Crippen LogP contribution in [-0.4, -0.2) is 0 Å². The van der Waals surface area contributed by atoms with Crippen molar-refractivity contribution in [2.45, 2.75) is 0 Å². The molecule has 0 atom stereocenters. The summed E-state index contributed by atoms with van der Waals surface area (Å²) in [6.07, 6.45) is 0. The highest BCUT2D eigenvalue weighted by Gasteiger charge is 2.19. The van der Waals surface area contributed by atoms with Gasteiger partial charge in [-0.05, 0) is 18.2 Å². The Kier molecular flexibility index (Phi) is 3.08. The van der Waals surface area contributed by atoms with Gasteiger partial charge in [-0.2, -0.15) is 0 Å². The van der Waals surface area contributed by atoms with Crippen LogP contribution in [0.5, 0.6) is 0 Å². The molecule has 0 saturated heterocycles. The monoisotopic (exact) mass is 338 g/mol. The van der Waals surface area contributed by atoms with Gasteiger partial charge in [-0.1, -0.05) is 58.0 Å². The molecule has 0 aliphatic carbocycles. The van der Waals surface area contributed by atoms with E-state index in [0.717, 1.165) is 0 Å². The Morgan fingerprint density at radius 2 is 1.28 bits per heavy atom. The molecule has 0 N–H and O–H groups in total. The van der Waals surface area contributed by atoms with E-state index in [1.165, 1.54) is 6.07 Å². The first kappa shape index (κ1) is 12.7. The van der Waals surface area contributed by atoms with E-state index in [4.69, 9.17) is 62.4 Å². The van der Waals surface area contributed by atoms with Crippen LogP contribution in [0, 0.1) is 0 Å². The van der Waals surface area contributed by atoms with Crippen LogP contribution in [0.3, 0.4) is 0 Å². The zero-order valence-electron chi connectivity index (χ0n) is 8.53. The zero-order valence-corrected chi connectivity index (χ0v) is 12.3. The van der Waals surface area contributed by atoms with E-state index in [-0.39, 0.29) is 0 Å². The number of rotatable bonds is 0. The minimum absolute atomic E-state index is 0.341. The standard InChI is InChI=1S/C12H3Cl5O/c13-4-1-2-5(14)11-8(4)9-10(17)6(15)3-7(16)12(9)18-11/h1-3H. The van der Waals surface area contributed by atoms with Crippen LogP contribution < -0.4 is 0 Å². The molecule has 3 rings (SSSR count). The van der Waals surface area contributed by atoms with Crippen molar-refractivity contribution in [3.63, 3.8) is 0 Å². The van der Waals surface area contributed by atoms with E-state index in [2.05, 4.69) is 0 Å². The fourth-order valence-corrected chi connectivity index (χ4v) is 3.05. The number of hydrogen-bond donors (Lipinski definition) is 0. The molecule has 3 aromatic rings. The molecule has 0 radical (unpaired) electrons. The Morgan fingerprint density at radius 1 is 0.667 bits per heavy atom. The van der Waals surface area contributed by atoms with Gasteiger partial charge in [-0.25, -0.2) is 0 Å². The van der Waals surface area contributed by atoms with Gasteiger partial charge in [0.25, 0.3) is 0 Å².